The normalized spacial score (nSPS) is 23.2. The van der Waals surface area contributed by atoms with E-state index in [1.807, 2.05) is 0 Å². The first-order valence-electron chi connectivity index (χ1n) is 6.10. The molecule has 3 N–H and O–H groups in total. The van der Waals surface area contributed by atoms with Crippen LogP contribution < -0.4 is 5.32 Å². The van der Waals surface area contributed by atoms with Crippen LogP contribution in [0, 0.1) is 11.3 Å². The van der Waals surface area contributed by atoms with Crippen LogP contribution in [0.4, 0.5) is 13.2 Å². The van der Waals surface area contributed by atoms with Gasteiger partial charge < -0.3 is 20.6 Å². The first-order valence-corrected chi connectivity index (χ1v) is 6.10. The molecule has 9 heteroatoms. The molecule has 0 saturated heterocycles. The van der Waals surface area contributed by atoms with Crippen LogP contribution >= 0.6 is 0 Å². The fourth-order valence-corrected chi connectivity index (χ4v) is 2.25. The Morgan fingerprint density at radius 2 is 2.00 bits per heavy atom. The second-order valence-electron chi connectivity index (χ2n) is 4.61. The lowest BCUT2D eigenvalue weighted by Gasteiger charge is -2.20. The van der Waals surface area contributed by atoms with E-state index in [4.69, 9.17) is 10.5 Å². The van der Waals surface area contributed by atoms with Gasteiger partial charge in [0.15, 0.2) is 0 Å². The van der Waals surface area contributed by atoms with E-state index in [-0.39, 0.29) is 19.1 Å². The van der Waals surface area contributed by atoms with Crippen molar-refractivity contribution in [3.05, 3.63) is 11.3 Å². The minimum Gasteiger partial charge on any atom is -0.478 e. The molecule has 0 heterocycles. The van der Waals surface area contributed by atoms with Crippen molar-refractivity contribution >= 4 is 18.2 Å². The van der Waals surface area contributed by atoms with Gasteiger partial charge in [0.2, 0.25) is 0 Å². The van der Waals surface area contributed by atoms with Crippen LogP contribution in [0.25, 0.3) is 0 Å². The molecule has 0 unspecified atom stereocenters. The monoisotopic (exact) mass is 308 g/mol. The summed E-state index contributed by atoms with van der Waals surface area (Å²) in [7, 11) is 1.20. The maximum absolute atomic E-state index is 12.9. The first-order chi connectivity index (χ1) is 9.70. The molecule has 1 rings (SSSR count). The van der Waals surface area contributed by atoms with E-state index >= 15 is 0 Å². The lowest BCUT2D eigenvalue weighted by atomic mass is 10.1. The number of ether oxygens (including phenoxy) is 1. The standard InChI is InChI=1S/C12H15F3N2O4/c1-21-11(20)6-2-3-7(4-6)17-9(12(13,14)15)8(5-16)10(18)19/h5-7,16-17H,2-4H2,1H3,(H,18,19)/b9-8+,16-5?/t6-,7+/m0/s1. The van der Waals surface area contributed by atoms with Gasteiger partial charge in [0.05, 0.1) is 13.0 Å². The fraction of sp³-hybridized carbons (Fsp3) is 0.583. The molecular weight excluding hydrogens is 293 g/mol. The molecular formula is C12H15F3N2O4. The summed E-state index contributed by atoms with van der Waals surface area (Å²) >= 11 is 0. The van der Waals surface area contributed by atoms with Gasteiger partial charge in [-0.2, -0.15) is 13.2 Å². The summed E-state index contributed by atoms with van der Waals surface area (Å²) in [5.74, 6) is -2.84. The number of methoxy groups -OCH3 is 1. The minimum atomic E-state index is -4.92. The summed E-state index contributed by atoms with van der Waals surface area (Å²) in [5, 5.41) is 17.7. The third-order valence-electron chi connectivity index (χ3n) is 3.24. The number of carbonyl (C=O) groups is 2. The van der Waals surface area contributed by atoms with Crippen molar-refractivity contribution in [2.24, 2.45) is 5.92 Å². The van der Waals surface area contributed by atoms with Crippen molar-refractivity contribution in [1.82, 2.24) is 5.32 Å². The van der Waals surface area contributed by atoms with E-state index in [0.717, 1.165) is 0 Å². The number of alkyl halides is 3. The van der Waals surface area contributed by atoms with Crippen molar-refractivity contribution in [3.8, 4) is 0 Å². The van der Waals surface area contributed by atoms with Crippen molar-refractivity contribution < 1.29 is 32.6 Å². The van der Waals surface area contributed by atoms with Crippen LogP contribution in [0.15, 0.2) is 11.3 Å². The molecule has 0 amide bonds. The largest absolute Gasteiger partial charge is 0.478 e. The molecule has 1 aliphatic carbocycles. The Morgan fingerprint density at radius 3 is 2.43 bits per heavy atom. The highest BCUT2D eigenvalue weighted by Crippen LogP contribution is 2.31. The maximum atomic E-state index is 12.9. The van der Waals surface area contributed by atoms with E-state index in [9.17, 15) is 22.8 Å². The third kappa shape index (κ3) is 4.20. The molecule has 0 aromatic rings. The lowest BCUT2D eigenvalue weighted by molar-refractivity contribution is -0.145. The summed E-state index contributed by atoms with van der Waals surface area (Å²) in [4.78, 5) is 22.1. The number of nitrogens with one attached hydrogen (secondary N) is 2. The molecule has 0 spiro atoms. The predicted octanol–water partition coefficient (Wildman–Crippen LogP) is 1.47. The number of carboxylic acids is 1. The van der Waals surface area contributed by atoms with Crippen molar-refractivity contribution in [1.29, 1.82) is 5.41 Å². The number of carboxylic acid groups (broad SMARTS) is 1. The summed E-state index contributed by atoms with van der Waals surface area (Å²) in [6.45, 7) is 0. The van der Waals surface area contributed by atoms with Crippen LogP contribution in [0.3, 0.4) is 0 Å². The Bertz CT molecular complexity index is 474. The predicted molar refractivity (Wildman–Crippen MR) is 65.8 cm³/mol. The van der Waals surface area contributed by atoms with E-state index in [1.54, 1.807) is 0 Å². The van der Waals surface area contributed by atoms with Gasteiger partial charge >= 0.3 is 18.1 Å². The van der Waals surface area contributed by atoms with Gasteiger partial charge in [0.1, 0.15) is 11.3 Å². The van der Waals surface area contributed by atoms with E-state index in [2.05, 4.69) is 10.1 Å². The molecule has 0 aliphatic heterocycles. The number of allylic oxidation sites excluding steroid dienone is 1. The Hall–Kier alpha value is -2.06. The lowest BCUT2D eigenvalue weighted by Crippen LogP contribution is -2.36. The zero-order chi connectivity index (χ0) is 16.2. The Kier molecular flexibility index (Phi) is 5.34. The Morgan fingerprint density at radius 1 is 1.38 bits per heavy atom. The number of halogens is 3. The van der Waals surface area contributed by atoms with E-state index in [1.165, 1.54) is 7.11 Å². The molecule has 21 heavy (non-hydrogen) atoms. The molecule has 1 fully saturated rings. The molecule has 1 saturated carbocycles. The molecule has 2 atom stereocenters. The van der Waals surface area contributed by atoms with Crippen LogP contribution in [-0.4, -0.2) is 42.6 Å². The highest BCUT2D eigenvalue weighted by molar-refractivity contribution is 6.08. The SMILES string of the molecule is COC(=O)[C@H]1CC[C@@H](N/C(=C(\C=N)C(=O)O)C(F)(F)F)C1. The van der Waals surface area contributed by atoms with Crippen molar-refractivity contribution in [2.45, 2.75) is 31.5 Å². The van der Waals surface area contributed by atoms with Gasteiger partial charge in [-0.1, -0.05) is 0 Å². The van der Waals surface area contributed by atoms with Gasteiger partial charge in [-0.05, 0) is 19.3 Å². The highest BCUT2D eigenvalue weighted by atomic mass is 19.4. The fourth-order valence-electron chi connectivity index (χ4n) is 2.25. The number of hydrogen-bond acceptors (Lipinski definition) is 5. The second kappa shape index (κ2) is 6.59. The van der Waals surface area contributed by atoms with Crippen LogP contribution in [-0.2, 0) is 14.3 Å². The minimum absolute atomic E-state index is 0.122. The number of rotatable bonds is 5. The quantitative estimate of drug-likeness (QED) is 0.406. The number of carbonyl (C=O) groups excluding carboxylic acids is 1. The van der Waals surface area contributed by atoms with Crippen LogP contribution in [0.5, 0.6) is 0 Å². The summed E-state index contributed by atoms with van der Waals surface area (Å²) < 4.78 is 43.3. The number of esters is 1. The molecule has 0 radical (unpaired) electrons. The zero-order valence-corrected chi connectivity index (χ0v) is 11.2. The average molecular weight is 308 g/mol. The van der Waals surface area contributed by atoms with Crippen molar-refractivity contribution in [2.75, 3.05) is 7.11 Å². The molecule has 0 bridgehead atoms. The zero-order valence-electron chi connectivity index (χ0n) is 11.2. The van der Waals surface area contributed by atoms with E-state index < -0.39 is 41.3 Å². The summed E-state index contributed by atoms with van der Waals surface area (Å²) in [6, 6.07) is -0.694. The molecule has 0 aromatic carbocycles. The third-order valence-corrected chi connectivity index (χ3v) is 3.24. The van der Waals surface area contributed by atoms with Crippen molar-refractivity contribution in [3.63, 3.8) is 0 Å². The second-order valence-corrected chi connectivity index (χ2v) is 4.61. The van der Waals surface area contributed by atoms with Gasteiger partial charge in [-0.15, -0.1) is 0 Å². The smallest absolute Gasteiger partial charge is 0.431 e. The topological polar surface area (TPSA) is 99.5 Å². The first kappa shape index (κ1) is 17.0. The molecule has 118 valence electrons. The average Bonchev–Trinajstić information content (AvgIpc) is 2.84. The highest BCUT2D eigenvalue weighted by Gasteiger charge is 2.41. The Labute approximate surface area is 118 Å². The summed E-state index contributed by atoms with van der Waals surface area (Å²) in [5.41, 5.74) is -2.63. The van der Waals surface area contributed by atoms with Gasteiger partial charge in [0.25, 0.3) is 0 Å². The van der Waals surface area contributed by atoms with Crippen LogP contribution in [0.2, 0.25) is 0 Å². The van der Waals surface area contributed by atoms with Gasteiger partial charge in [-0.3, -0.25) is 4.79 Å². The van der Waals surface area contributed by atoms with Gasteiger partial charge in [0, 0.05) is 12.3 Å². The van der Waals surface area contributed by atoms with E-state index in [0.29, 0.717) is 6.42 Å². The molecule has 1 aliphatic rings. The van der Waals surface area contributed by atoms with Crippen LogP contribution in [0.1, 0.15) is 19.3 Å². The Balaban J connectivity index is 2.93. The van der Waals surface area contributed by atoms with Gasteiger partial charge in [-0.25, -0.2) is 4.79 Å². The number of aliphatic carboxylic acids is 1. The molecule has 6 nitrogen and oxygen atoms in total. The number of hydrogen-bond donors (Lipinski definition) is 3. The molecule has 0 aromatic heterocycles. The summed E-state index contributed by atoms with van der Waals surface area (Å²) in [6.07, 6.45) is -4.01. The maximum Gasteiger partial charge on any atom is 0.431 e.